The van der Waals surface area contributed by atoms with Gasteiger partial charge < -0.3 is 24.3 Å². The summed E-state index contributed by atoms with van der Waals surface area (Å²) in [6.45, 7) is 18.9. The zero-order valence-electron chi connectivity index (χ0n) is 19.8. The highest BCUT2D eigenvalue weighted by Gasteiger charge is 2.41. The van der Waals surface area contributed by atoms with Gasteiger partial charge in [0.1, 0.15) is 24.0 Å². The Morgan fingerprint density at radius 3 is 1.21 bits per heavy atom. The first kappa shape index (κ1) is 23.9. The van der Waals surface area contributed by atoms with Crippen molar-refractivity contribution in [2.45, 2.75) is 92.6 Å². The molecule has 0 fully saturated rings. The highest BCUT2D eigenvalue weighted by Crippen LogP contribution is 2.38. The molecule has 5 heteroatoms. The maximum atomic E-state index is 6.27. The fourth-order valence-electron chi connectivity index (χ4n) is 4.40. The minimum atomic E-state index is -0.519. The predicted molar refractivity (Wildman–Crippen MR) is 117 cm³/mol. The van der Waals surface area contributed by atoms with Crippen LogP contribution in [0, 0.1) is 23.7 Å². The number of ether oxygens (including phenoxy) is 4. The molecule has 0 saturated carbocycles. The summed E-state index contributed by atoms with van der Waals surface area (Å²) in [5, 5.41) is 3.41. The van der Waals surface area contributed by atoms with E-state index in [4.69, 9.17) is 18.9 Å². The molecule has 2 aliphatic rings. The molecule has 0 amide bonds. The van der Waals surface area contributed by atoms with Crippen LogP contribution >= 0.6 is 0 Å². The van der Waals surface area contributed by atoms with E-state index in [2.05, 4.69) is 60.7 Å². The van der Waals surface area contributed by atoms with Gasteiger partial charge in [-0.3, -0.25) is 0 Å². The molecule has 0 bridgehead atoms. The second-order valence-corrected chi connectivity index (χ2v) is 10.4. The van der Waals surface area contributed by atoms with Crippen molar-refractivity contribution in [3.8, 4) is 0 Å². The van der Waals surface area contributed by atoms with Crippen LogP contribution in [-0.4, -0.2) is 24.7 Å². The van der Waals surface area contributed by atoms with Gasteiger partial charge in [-0.2, -0.15) is 0 Å². The fraction of sp³-hybridized carbons (Fsp3) is 0.833. The topological polar surface area (TPSA) is 49.0 Å². The summed E-state index contributed by atoms with van der Waals surface area (Å²) >= 11 is 0. The van der Waals surface area contributed by atoms with Gasteiger partial charge >= 0.3 is 0 Å². The molecular formula is C24H43NO4. The Balaban J connectivity index is 1.83. The Kier molecular flexibility index (Phi) is 8.33. The summed E-state index contributed by atoms with van der Waals surface area (Å²) in [4.78, 5) is 0. The van der Waals surface area contributed by atoms with Crippen LogP contribution in [0.25, 0.3) is 0 Å². The van der Waals surface area contributed by atoms with Crippen LogP contribution in [-0.2, 0) is 18.9 Å². The maximum Gasteiger partial charge on any atom is 0.250 e. The van der Waals surface area contributed by atoms with Crippen molar-refractivity contribution in [3.05, 3.63) is 24.0 Å². The zero-order valence-corrected chi connectivity index (χ0v) is 19.8. The van der Waals surface area contributed by atoms with Crippen LogP contribution < -0.4 is 5.32 Å². The van der Waals surface area contributed by atoms with Gasteiger partial charge in [0, 0.05) is 25.7 Å². The van der Waals surface area contributed by atoms with Crippen LogP contribution in [0.15, 0.2) is 24.0 Å². The van der Waals surface area contributed by atoms with Gasteiger partial charge in [-0.25, -0.2) is 0 Å². The van der Waals surface area contributed by atoms with E-state index in [0.29, 0.717) is 36.8 Å². The monoisotopic (exact) mass is 409 g/mol. The molecule has 29 heavy (non-hydrogen) atoms. The minimum Gasteiger partial charge on any atom is -0.456 e. The average molecular weight is 410 g/mol. The summed E-state index contributed by atoms with van der Waals surface area (Å²) in [7, 11) is 0. The van der Waals surface area contributed by atoms with Crippen LogP contribution in [0.1, 0.15) is 81.1 Å². The third-order valence-electron chi connectivity index (χ3n) is 4.92. The molecule has 2 aliphatic heterocycles. The molecule has 0 aromatic carbocycles. The predicted octanol–water partition coefficient (Wildman–Crippen LogP) is 5.93. The molecule has 0 saturated heterocycles. The summed E-state index contributed by atoms with van der Waals surface area (Å²) in [5.41, 5.74) is 0. The van der Waals surface area contributed by atoms with E-state index in [1.807, 2.05) is 0 Å². The summed E-state index contributed by atoms with van der Waals surface area (Å²) in [6, 6.07) is 0. The lowest BCUT2D eigenvalue weighted by atomic mass is 9.94. The van der Waals surface area contributed by atoms with Crippen molar-refractivity contribution < 1.29 is 18.9 Å². The molecule has 2 rings (SSSR count). The first-order valence-electron chi connectivity index (χ1n) is 11.4. The molecule has 0 atom stereocenters. The Labute approximate surface area is 178 Å². The molecular weight excluding hydrogens is 366 g/mol. The third kappa shape index (κ3) is 7.44. The van der Waals surface area contributed by atoms with Gasteiger partial charge in [-0.15, -0.1) is 0 Å². The summed E-state index contributed by atoms with van der Waals surface area (Å²) in [6.07, 6.45) is 7.11. The Morgan fingerprint density at radius 1 is 0.621 bits per heavy atom. The molecule has 2 heterocycles. The molecule has 0 aromatic heterocycles. The van der Waals surface area contributed by atoms with Gasteiger partial charge in [0.2, 0.25) is 0 Å². The van der Waals surface area contributed by atoms with E-state index in [0.717, 1.165) is 37.2 Å². The summed E-state index contributed by atoms with van der Waals surface area (Å²) in [5.74, 6) is 2.71. The highest BCUT2D eigenvalue weighted by molar-refractivity contribution is 5.04. The van der Waals surface area contributed by atoms with Crippen molar-refractivity contribution in [2.24, 2.45) is 23.7 Å². The van der Waals surface area contributed by atoms with E-state index < -0.39 is 11.6 Å². The molecule has 0 unspecified atom stereocenters. The van der Waals surface area contributed by atoms with Crippen LogP contribution in [0.2, 0.25) is 0 Å². The van der Waals surface area contributed by atoms with Gasteiger partial charge in [0.25, 0.3) is 11.6 Å². The second-order valence-electron chi connectivity index (χ2n) is 10.4. The largest absolute Gasteiger partial charge is 0.456 e. The fourth-order valence-corrected chi connectivity index (χ4v) is 4.40. The molecule has 0 radical (unpaired) electrons. The maximum absolute atomic E-state index is 6.27. The molecule has 0 aromatic rings. The molecule has 5 nitrogen and oxygen atoms in total. The standard InChI is InChI=1S/C24H43NO4/c1-17(2)9-23(10-18(3)4)26-15-21(28-23)13-25-14-22-16-27-24(29-22,11-19(5)6)12-20(7)8/h15-20,25H,9-14H2,1-8H3. The van der Waals surface area contributed by atoms with Gasteiger partial charge in [0.15, 0.2) is 0 Å². The normalized spacial score (nSPS) is 19.9. The van der Waals surface area contributed by atoms with Crippen LogP contribution in [0.5, 0.6) is 0 Å². The van der Waals surface area contributed by atoms with Crippen molar-refractivity contribution in [1.82, 2.24) is 5.32 Å². The van der Waals surface area contributed by atoms with Crippen molar-refractivity contribution in [3.63, 3.8) is 0 Å². The lowest BCUT2D eigenvalue weighted by Gasteiger charge is -2.32. The highest BCUT2D eigenvalue weighted by atomic mass is 16.7. The first-order valence-corrected chi connectivity index (χ1v) is 11.4. The lowest BCUT2D eigenvalue weighted by molar-refractivity contribution is -0.171. The van der Waals surface area contributed by atoms with E-state index in [1.165, 1.54) is 0 Å². The third-order valence-corrected chi connectivity index (χ3v) is 4.92. The van der Waals surface area contributed by atoms with E-state index >= 15 is 0 Å². The van der Waals surface area contributed by atoms with Crippen molar-refractivity contribution >= 4 is 0 Å². The van der Waals surface area contributed by atoms with E-state index in [1.54, 1.807) is 12.5 Å². The Bertz CT molecular complexity index is 507. The molecule has 0 spiro atoms. The minimum absolute atomic E-state index is 0.513. The second kappa shape index (κ2) is 10.1. The smallest absolute Gasteiger partial charge is 0.250 e. The average Bonchev–Trinajstić information content (AvgIpc) is 3.09. The van der Waals surface area contributed by atoms with E-state index in [9.17, 15) is 0 Å². The number of nitrogens with one attached hydrogen (secondary N) is 1. The molecule has 168 valence electrons. The SMILES string of the molecule is CC(C)CC1(CC(C)C)OC=C(CNCC2=COC(CC(C)C)(CC(C)C)O2)O1. The quantitative estimate of drug-likeness (QED) is 0.433. The molecule has 1 N–H and O–H groups in total. The first-order chi connectivity index (χ1) is 13.5. The number of hydrogen-bond donors (Lipinski definition) is 1. The zero-order chi connectivity index (χ0) is 21.7. The Morgan fingerprint density at radius 2 is 0.931 bits per heavy atom. The summed E-state index contributed by atoms with van der Waals surface area (Å²) < 4.78 is 24.6. The molecule has 0 aliphatic carbocycles. The number of rotatable bonds is 12. The van der Waals surface area contributed by atoms with E-state index in [-0.39, 0.29) is 0 Å². The number of hydrogen-bond acceptors (Lipinski definition) is 5. The lowest BCUT2D eigenvalue weighted by Crippen LogP contribution is -2.35. The van der Waals surface area contributed by atoms with Crippen molar-refractivity contribution in [1.29, 1.82) is 0 Å². The van der Waals surface area contributed by atoms with Crippen LogP contribution in [0.4, 0.5) is 0 Å². The van der Waals surface area contributed by atoms with Crippen molar-refractivity contribution in [2.75, 3.05) is 13.1 Å². The van der Waals surface area contributed by atoms with Crippen LogP contribution in [0.3, 0.4) is 0 Å². The van der Waals surface area contributed by atoms with Gasteiger partial charge in [0.05, 0.1) is 13.1 Å². The Hall–Kier alpha value is -1.36. The van der Waals surface area contributed by atoms with Gasteiger partial charge in [-0.1, -0.05) is 55.4 Å². The van der Waals surface area contributed by atoms with Gasteiger partial charge in [-0.05, 0) is 23.7 Å².